The van der Waals surface area contributed by atoms with Crippen LogP contribution in [0.1, 0.15) is 5.56 Å². The number of carbonyl (C=O) groups excluding carboxylic acids is 2. The Hall–Kier alpha value is -3.79. The second kappa shape index (κ2) is 11.0. The van der Waals surface area contributed by atoms with Crippen molar-refractivity contribution in [2.45, 2.75) is 0 Å². The normalized spacial score (nSPS) is 10.7. The number of halogens is 2. The van der Waals surface area contributed by atoms with Crippen molar-refractivity contribution in [3.05, 3.63) is 94.0 Å². The van der Waals surface area contributed by atoms with E-state index < -0.39 is 5.91 Å². The molecule has 3 aromatic rings. The van der Waals surface area contributed by atoms with E-state index in [2.05, 4.69) is 10.6 Å². The summed E-state index contributed by atoms with van der Waals surface area (Å²) in [6.07, 6.45) is 1.46. The molecule has 0 radical (unpaired) electrons. The van der Waals surface area contributed by atoms with Crippen molar-refractivity contribution in [3.8, 4) is 11.8 Å². The molecule has 0 aliphatic carbocycles. The second-order valence-electron chi connectivity index (χ2n) is 6.55. The van der Waals surface area contributed by atoms with Crippen LogP contribution in [0, 0.1) is 11.3 Å². The number of nitrogens with zero attached hydrogens (tertiary/aromatic N) is 1. The van der Waals surface area contributed by atoms with Crippen LogP contribution in [0.2, 0.25) is 10.0 Å². The SMILES string of the molecule is N#C/C(=C/c1ccc(OCC(=O)Nc2cccc(Cl)c2)cc1)C(=O)Nc1ccc(Cl)cc1. The van der Waals surface area contributed by atoms with Gasteiger partial charge in [0.05, 0.1) is 0 Å². The van der Waals surface area contributed by atoms with Gasteiger partial charge in [-0.1, -0.05) is 41.4 Å². The van der Waals surface area contributed by atoms with Crippen molar-refractivity contribution in [1.82, 2.24) is 0 Å². The number of amides is 2. The number of nitrogens with one attached hydrogen (secondary N) is 2. The van der Waals surface area contributed by atoms with Gasteiger partial charge in [-0.05, 0) is 66.2 Å². The first kappa shape index (κ1) is 22.9. The number of hydrogen-bond donors (Lipinski definition) is 2. The number of benzene rings is 3. The Morgan fingerprint density at radius 2 is 1.62 bits per heavy atom. The van der Waals surface area contributed by atoms with Crippen LogP contribution in [0.15, 0.2) is 78.4 Å². The lowest BCUT2D eigenvalue weighted by Gasteiger charge is -2.08. The van der Waals surface area contributed by atoms with Crippen molar-refractivity contribution in [3.63, 3.8) is 0 Å². The molecule has 0 bridgehead atoms. The van der Waals surface area contributed by atoms with Gasteiger partial charge in [-0.25, -0.2) is 0 Å². The topological polar surface area (TPSA) is 91.2 Å². The molecule has 32 heavy (non-hydrogen) atoms. The number of carbonyl (C=O) groups is 2. The first-order chi connectivity index (χ1) is 15.4. The monoisotopic (exact) mass is 465 g/mol. The zero-order valence-electron chi connectivity index (χ0n) is 16.6. The molecule has 0 spiro atoms. The van der Waals surface area contributed by atoms with Gasteiger partial charge in [-0.3, -0.25) is 9.59 Å². The maximum absolute atomic E-state index is 12.3. The maximum atomic E-state index is 12.3. The molecule has 3 rings (SSSR count). The first-order valence-electron chi connectivity index (χ1n) is 9.40. The van der Waals surface area contributed by atoms with Gasteiger partial charge in [-0.2, -0.15) is 5.26 Å². The molecule has 0 unspecified atom stereocenters. The minimum absolute atomic E-state index is 0.0606. The molecular formula is C24H17Cl2N3O3. The summed E-state index contributed by atoms with van der Waals surface area (Å²) in [4.78, 5) is 24.4. The molecule has 3 aromatic carbocycles. The van der Waals surface area contributed by atoms with E-state index in [9.17, 15) is 14.9 Å². The van der Waals surface area contributed by atoms with Crippen molar-refractivity contribution in [1.29, 1.82) is 5.26 Å². The van der Waals surface area contributed by atoms with Gasteiger partial charge in [0, 0.05) is 21.4 Å². The quantitative estimate of drug-likeness (QED) is 0.353. The molecule has 0 fully saturated rings. The fourth-order valence-corrected chi connectivity index (χ4v) is 2.94. The number of rotatable bonds is 7. The predicted octanol–water partition coefficient (Wildman–Crippen LogP) is 5.56. The Balaban J connectivity index is 1.57. The standard InChI is InChI=1S/C24H17Cl2N3O3/c25-18-6-8-20(9-7-18)29-24(31)17(14-27)12-16-4-10-22(11-5-16)32-15-23(30)28-21-3-1-2-19(26)13-21/h1-13H,15H2,(H,28,30)(H,29,31)/b17-12-. The zero-order valence-corrected chi connectivity index (χ0v) is 18.2. The number of anilines is 2. The van der Waals surface area contributed by atoms with Crippen molar-refractivity contribution >= 4 is 52.5 Å². The summed E-state index contributed by atoms with van der Waals surface area (Å²) >= 11 is 11.7. The Labute approximate surface area is 195 Å². The molecule has 0 aliphatic heterocycles. The average Bonchev–Trinajstić information content (AvgIpc) is 2.78. The summed E-state index contributed by atoms with van der Waals surface area (Å²) in [5, 5.41) is 15.7. The van der Waals surface area contributed by atoms with Gasteiger partial charge in [-0.15, -0.1) is 0 Å². The van der Waals surface area contributed by atoms with E-state index in [1.807, 2.05) is 6.07 Å². The highest BCUT2D eigenvalue weighted by Crippen LogP contribution is 2.18. The largest absolute Gasteiger partial charge is 0.484 e. The lowest BCUT2D eigenvalue weighted by molar-refractivity contribution is -0.118. The van der Waals surface area contributed by atoms with E-state index in [0.29, 0.717) is 32.7 Å². The lowest BCUT2D eigenvalue weighted by Crippen LogP contribution is -2.20. The van der Waals surface area contributed by atoms with Crippen LogP contribution in [-0.4, -0.2) is 18.4 Å². The number of ether oxygens (including phenoxy) is 1. The Bertz CT molecular complexity index is 1180. The van der Waals surface area contributed by atoms with Gasteiger partial charge >= 0.3 is 0 Å². The molecule has 160 valence electrons. The van der Waals surface area contributed by atoms with Gasteiger partial charge in [0.25, 0.3) is 11.8 Å². The van der Waals surface area contributed by atoms with E-state index in [4.69, 9.17) is 27.9 Å². The van der Waals surface area contributed by atoms with Crippen molar-refractivity contribution < 1.29 is 14.3 Å². The highest BCUT2D eigenvalue weighted by molar-refractivity contribution is 6.31. The van der Waals surface area contributed by atoms with Gasteiger partial charge < -0.3 is 15.4 Å². The van der Waals surface area contributed by atoms with E-state index in [0.717, 1.165) is 0 Å². The summed E-state index contributed by atoms with van der Waals surface area (Å²) in [6, 6.07) is 21.9. The zero-order chi connectivity index (χ0) is 22.9. The molecule has 0 aliphatic rings. The second-order valence-corrected chi connectivity index (χ2v) is 7.42. The van der Waals surface area contributed by atoms with Crippen LogP contribution in [-0.2, 0) is 9.59 Å². The van der Waals surface area contributed by atoms with Crippen molar-refractivity contribution in [2.75, 3.05) is 17.2 Å². The molecular weight excluding hydrogens is 449 g/mol. The summed E-state index contributed by atoms with van der Waals surface area (Å²) in [5.41, 5.74) is 1.67. The van der Waals surface area contributed by atoms with E-state index in [-0.39, 0.29) is 18.1 Å². The summed E-state index contributed by atoms with van der Waals surface area (Å²) < 4.78 is 5.47. The molecule has 8 heteroatoms. The highest BCUT2D eigenvalue weighted by atomic mass is 35.5. The summed E-state index contributed by atoms with van der Waals surface area (Å²) in [5.74, 6) is -0.401. The van der Waals surface area contributed by atoms with Crippen LogP contribution < -0.4 is 15.4 Å². The van der Waals surface area contributed by atoms with E-state index in [1.165, 1.54) is 6.08 Å². The fourth-order valence-electron chi connectivity index (χ4n) is 2.62. The Kier molecular flexibility index (Phi) is 7.87. The third kappa shape index (κ3) is 6.88. The Morgan fingerprint density at radius 1 is 0.906 bits per heavy atom. The maximum Gasteiger partial charge on any atom is 0.266 e. The number of nitriles is 1. The van der Waals surface area contributed by atoms with Gasteiger partial charge in [0.15, 0.2) is 6.61 Å². The molecule has 2 N–H and O–H groups in total. The van der Waals surface area contributed by atoms with Crippen LogP contribution in [0.5, 0.6) is 5.75 Å². The van der Waals surface area contributed by atoms with Crippen LogP contribution in [0.4, 0.5) is 11.4 Å². The lowest BCUT2D eigenvalue weighted by atomic mass is 10.1. The molecule has 0 aromatic heterocycles. The fraction of sp³-hybridized carbons (Fsp3) is 0.0417. The van der Waals surface area contributed by atoms with Crippen LogP contribution in [0.25, 0.3) is 6.08 Å². The molecule has 0 atom stereocenters. The van der Waals surface area contributed by atoms with Crippen LogP contribution >= 0.6 is 23.2 Å². The van der Waals surface area contributed by atoms with Gasteiger partial charge in [0.1, 0.15) is 17.4 Å². The van der Waals surface area contributed by atoms with Crippen LogP contribution in [0.3, 0.4) is 0 Å². The summed E-state index contributed by atoms with van der Waals surface area (Å²) in [6.45, 7) is -0.186. The minimum atomic E-state index is -0.534. The first-order valence-corrected chi connectivity index (χ1v) is 10.2. The third-order valence-corrected chi connectivity index (χ3v) is 4.62. The van der Waals surface area contributed by atoms with Crippen molar-refractivity contribution in [2.24, 2.45) is 0 Å². The predicted molar refractivity (Wildman–Crippen MR) is 126 cm³/mol. The van der Waals surface area contributed by atoms with E-state index >= 15 is 0 Å². The molecule has 6 nitrogen and oxygen atoms in total. The smallest absolute Gasteiger partial charge is 0.266 e. The molecule has 0 saturated heterocycles. The Morgan fingerprint density at radius 3 is 2.28 bits per heavy atom. The summed E-state index contributed by atoms with van der Waals surface area (Å²) in [7, 11) is 0. The van der Waals surface area contributed by atoms with Gasteiger partial charge in [0.2, 0.25) is 0 Å². The average molecular weight is 466 g/mol. The molecule has 2 amide bonds. The number of hydrogen-bond acceptors (Lipinski definition) is 4. The van der Waals surface area contributed by atoms with E-state index in [1.54, 1.807) is 72.8 Å². The molecule has 0 heterocycles. The third-order valence-electron chi connectivity index (χ3n) is 4.14. The molecule has 0 saturated carbocycles. The highest BCUT2D eigenvalue weighted by Gasteiger charge is 2.10. The minimum Gasteiger partial charge on any atom is -0.484 e.